The lowest BCUT2D eigenvalue weighted by molar-refractivity contribution is 0.0697. The third-order valence-electron chi connectivity index (χ3n) is 2.05. The molecule has 0 saturated heterocycles. The van der Waals surface area contributed by atoms with Gasteiger partial charge in [-0.3, -0.25) is 0 Å². The number of sulfonamides is 1. The first-order valence-electron chi connectivity index (χ1n) is 4.99. The van der Waals surface area contributed by atoms with Gasteiger partial charge in [0.1, 0.15) is 4.90 Å². The summed E-state index contributed by atoms with van der Waals surface area (Å²) in [5, 5.41) is 16.7. The van der Waals surface area contributed by atoms with Crippen molar-refractivity contribution in [3.63, 3.8) is 0 Å². The van der Waals surface area contributed by atoms with Crippen molar-refractivity contribution in [3.8, 4) is 0 Å². The van der Waals surface area contributed by atoms with E-state index in [9.17, 15) is 13.2 Å². The molecule has 0 atom stereocenters. The number of nitrogens with one attached hydrogen (secondary N) is 1. The predicted molar refractivity (Wildman–Crippen MR) is 68.5 cm³/mol. The van der Waals surface area contributed by atoms with Crippen LogP contribution in [0.15, 0.2) is 17.0 Å². The van der Waals surface area contributed by atoms with Gasteiger partial charge < -0.3 is 10.4 Å². The van der Waals surface area contributed by atoms with E-state index in [1.54, 1.807) is 0 Å². The average molecular weight is 293 g/mol. The van der Waals surface area contributed by atoms with Crippen LogP contribution in [0.25, 0.3) is 0 Å². The molecule has 1 aromatic carbocycles. The smallest absolute Gasteiger partial charge is 0.337 e. The molecule has 18 heavy (non-hydrogen) atoms. The Kier molecular flexibility index (Phi) is 4.20. The highest BCUT2D eigenvalue weighted by molar-refractivity contribution is 7.89. The number of nitrogens with two attached hydrogens (primary N) is 1. The van der Waals surface area contributed by atoms with Gasteiger partial charge >= 0.3 is 5.97 Å². The van der Waals surface area contributed by atoms with Gasteiger partial charge in [-0.2, -0.15) is 0 Å². The summed E-state index contributed by atoms with van der Waals surface area (Å²) < 4.78 is 22.5. The van der Waals surface area contributed by atoms with Crippen LogP contribution in [-0.2, 0) is 10.0 Å². The number of anilines is 1. The van der Waals surface area contributed by atoms with Crippen LogP contribution >= 0.6 is 11.6 Å². The standard InChI is InChI=1S/C10H13ClN2O4S/c1-5(2)13-8-4-7(11)9(18(12,16)17)3-6(8)10(14)15/h3-5,13H,1-2H3,(H,14,15)(H2,12,16,17). The Morgan fingerprint density at radius 2 is 2.00 bits per heavy atom. The summed E-state index contributed by atoms with van der Waals surface area (Å²) in [7, 11) is -4.06. The van der Waals surface area contributed by atoms with Crippen LogP contribution in [0.5, 0.6) is 0 Å². The number of hydrogen-bond donors (Lipinski definition) is 3. The minimum absolute atomic E-state index is 0.0282. The highest BCUT2D eigenvalue weighted by Crippen LogP contribution is 2.28. The lowest BCUT2D eigenvalue weighted by Crippen LogP contribution is -2.17. The molecule has 100 valence electrons. The second-order valence-corrected chi connectivity index (χ2v) is 5.91. The average Bonchev–Trinajstić information content (AvgIpc) is 2.13. The first-order valence-corrected chi connectivity index (χ1v) is 6.91. The quantitative estimate of drug-likeness (QED) is 0.779. The van der Waals surface area contributed by atoms with Gasteiger partial charge in [-0.05, 0) is 26.0 Å². The lowest BCUT2D eigenvalue weighted by atomic mass is 10.1. The van der Waals surface area contributed by atoms with E-state index in [0.717, 1.165) is 6.07 Å². The molecule has 4 N–H and O–H groups in total. The Bertz CT molecular complexity index is 584. The Balaban J connectivity index is 3.49. The van der Waals surface area contributed by atoms with E-state index < -0.39 is 20.9 Å². The molecule has 0 unspecified atom stereocenters. The number of hydrogen-bond acceptors (Lipinski definition) is 4. The topological polar surface area (TPSA) is 109 Å². The number of aromatic carboxylic acids is 1. The first kappa shape index (κ1) is 14.7. The number of primary sulfonamides is 1. The molecule has 0 radical (unpaired) electrons. The molecule has 0 aliphatic heterocycles. The number of carboxylic acids is 1. The molecule has 0 amide bonds. The van der Waals surface area contributed by atoms with Crippen molar-refractivity contribution >= 4 is 33.3 Å². The predicted octanol–water partition coefficient (Wildman–Crippen LogP) is 1.51. The summed E-state index contributed by atoms with van der Waals surface area (Å²) in [6.07, 6.45) is 0. The molecule has 0 bridgehead atoms. The molecule has 0 aromatic heterocycles. The molecule has 1 rings (SSSR count). The molecule has 0 spiro atoms. The first-order chi connectivity index (χ1) is 8.12. The third-order valence-corrected chi connectivity index (χ3v) is 3.43. The summed E-state index contributed by atoms with van der Waals surface area (Å²) in [5.41, 5.74) is 0.0482. The van der Waals surface area contributed by atoms with Crippen LogP contribution < -0.4 is 10.5 Å². The fourth-order valence-corrected chi connectivity index (χ4v) is 2.48. The number of halogens is 1. The van der Waals surface area contributed by atoms with Gasteiger partial charge in [-0.15, -0.1) is 0 Å². The Labute approximate surface area is 110 Å². The summed E-state index contributed by atoms with van der Waals surface area (Å²) in [5.74, 6) is -1.26. The van der Waals surface area contributed by atoms with Gasteiger partial charge in [-0.1, -0.05) is 11.6 Å². The number of benzene rings is 1. The lowest BCUT2D eigenvalue weighted by Gasteiger charge is -2.14. The normalized spacial score (nSPS) is 11.6. The van der Waals surface area contributed by atoms with Crippen molar-refractivity contribution < 1.29 is 18.3 Å². The van der Waals surface area contributed by atoms with Crippen molar-refractivity contribution in [2.24, 2.45) is 5.14 Å². The highest BCUT2D eigenvalue weighted by Gasteiger charge is 2.20. The summed E-state index contributed by atoms with van der Waals surface area (Å²) in [6.45, 7) is 3.63. The van der Waals surface area contributed by atoms with Crippen LogP contribution in [0.3, 0.4) is 0 Å². The summed E-state index contributed by atoms with van der Waals surface area (Å²) >= 11 is 5.78. The van der Waals surface area contributed by atoms with Gasteiger partial charge in [0.25, 0.3) is 0 Å². The molecular weight excluding hydrogens is 280 g/mol. The Morgan fingerprint density at radius 1 is 1.44 bits per heavy atom. The molecular formula is C10H13ClN2O4S. The summed E-state index contributed by atoms with van der Waals surface area (Å²) in [4.78, 5) is 10.7. The minimum atomic E-state index is -4.06. The van der Waals surface area contributed by atoms with Crippen LogP contribution in [0.4, 0.5) is 5.69 Å². The van der Waals surface area contributed by atoms with Gasteiger partial charge in [0.2, 0.25) is 10.0 Å². The van der Waals surface area contributed by atoms with Crippen molar-refractivity contribution in [2.45, 2.75) is 24.8 Å². The van der Waals surface area contributed by atoms with Crippen molar-refractivity contribution in [2.75, 3.05) is 5.32 Å². The molecule has 6 nitrogen and oxygen atoms in total. The van der Waals surface area contributed by atoms with Crippen LogP contribution in [0.1, 0.15) is 24.2 Å². The van der Waals surface area contributed by atoms with E-state index >= 15 is 0 Å². The maximum absolute atomic E-state index is 11.2. The monoisotopic (exact) mass is 292 g/mol. The van der Waals surface area contributed by atoms with E-state index in [0.29, 0.717) is 0 Å². The minimum Gasteiger partial charge on any atom is -0.478 e. The maximum atomic E-state index is 11.2. The van der Waals surface area contributed by atoms with Crippen molar-refractivity contribution in [1.82, 2.24) is 0 Å². The largest absolute Gasteiger partial charge is 0.478 e. The van der Waals surface area contributed by atoms with E-state index in [1.807, 2.05) is 13.8 Å². The molecule has 0 aliphatic rings. The Morgan fingerprint density at radius 3 is 2.39 bits per heavy atom. The zero-order valence-corrected chi connectivity index (χ0v) is 11.3. The summed E-state index contributed by atoms with van der Waals surface area (Å²) in [6, 6.07) is 2.16. The van der Waals surface area contributed by atoms with Crippen LogP contribution in [0, 0.1) is 0 Å². The number of carbonyl (C=O) groups is 1. The highest BCUT2D eigenvalue weighted by atomic mass is 35.5. The van der Waals surface area contributed by atoms with E-state index in [-0.39, 0.29) is 22.3 Å². The molecule has 0 fully saturated rings. The zero-order valence-electron chi connectivity index (χ0n) is 9.77. The number of carboxylic acid groups (broad SMARTS) is 1. The second kappa shape index (κ2) is 5.13. The van der Waals surface area contributed by atoms with Gasteiger partial charge in [0.05, 0.1) is 16.3 Å². The van der Waals surface area contributed by atoms with Gasteiger partial charge in [0.15, 0.2) is 0 Å². The SMILES string of the molecule is CC(C)Nc1cc(Cl)c(S(N)(=O)=O)cc1C(=O)O. The van der Waals surface area contributed by atoms with Crippen LogP contribution in [-0.4, -0.2) is 25.5 Å². The van der Waals surface area contributed by atoms with E-state index in [2.05, 4.69) is 5.32 Å². The molecule has 0 heterocycles. The van der Waals surface area contributed by atoms with Gasteiger partial charge in [0, 0.05) is 6.04 Å². The van der Waals surface area contributed by atoms with Crippen molar-refractivity contribution in [1.29, 1.82) is 0 Å². The third kappa shape index (κ3) is 3.34. The van der Waals surface area contributed by atoms with E-state index in [4.69, 9.17) is 21.8 Å². The Hall–Kier alpha value is -1.31. The van der Waals surface area contributed by atoms with Gasteiger partial charge in [-0.25, -0.2) is 18.4 Å². The fourth-order valence-electron chi connectivity index (χ4n) is 1.38. The number of rotatable bonds is 4. The van der Waals surface area contributed by atoms with Crippen LogP contribution in [0.2, 0.25) is 5.02 Å². The molecule has 1 aromatic rings. The fraction of sp³-hybridized carbons (Fsp3) is 0.300. The second-order valence-electron chi connectivity index (χ2n) is 3.98. The van der Waals surface area contributed by atoms with Crippen molar-refractivity contribution in [3.05, 3.63) is 22.7 Å². The molecule has 0 aliphatic carbocycles. The van der Waals surface area contributed by atoms with E-state index in [1.165, 1.54) is 6.07 Å². The zero-order chi connectivity index (χ0) is 14.1. The molecule has 8 heteroatoms. The maximum Gasteiger partial charge on any atom is 0.337 e. The molecule has 0 saturated carbocycles.